The first-order valence-corrected chi connectivity index (χ1v) is 18.4. The van der Waals surface area contributed by atoms with Gasteiger partial charge in [0.2, 0.25) is 0 Å². The van der Waals surface area contributed by atoms with E-state index in [0.717, 1.165) is 5.69 Å². The first kappa shape index (κ1) is 31.3. The van der Waals surface area contributed by atoms with E-state index in [-0.39, 0.29) is 0 Å². The molecule has 8 aromatic carbocycles. The second kappa shape index (κ2) is 12.4. The lowest BCUT2D eigenvalue weighted by Gasteiger charge is -2.18. The molecule has 2 aromatic heterocycles. The summed E-state index contributed by atoms with van der Waals surface area (Å²) in [5.74, 6) is 0. The van der Waals surface area contributed by atoms with Crippen LogP contribution in [0.5, 0.6) is 0 Å². The summed E-state index contributed by atoms with van der Waals surface area (Å²) in [6, 6.07) is 64.0. The van der Waals surface area contributed by atoms with Crippen molar-refractivity contribution in [2.45, 2.75) is 0 Å². The molecule has 0 aliphatic carbocycles. The SMILES string of the molecule is Bc1c(-c2ccc3c(c2)c2cc(-c4ccccc4)ccc2n3-c2ccc(-c3ccccc3)cc2)c(B)c2c3ccccc3n(-c3ccccc3)c2c1B. The highest BCUT2D eigenvalue weighted by atomic mass is 15.0. The van der Waals surface area contributed by atoms with Crippen molar-refractivity contribution in [2.24, 2.45) is 0 Å². The van der Waals surface area contributed by atoms with Crippen molar-refractivity contribution >= 4 is 83.5 Å². The van der Waals surface area contributed by atoms with Crippen molar-refractivity contribution in [1.29, 1.82) is 0 Å². The van der Waals surface area contributed by atoms with Crippen molar-refractivity contribution in [3.05, 3.63) is 176 Å². The quantitative estimate of drug-likeness (QED) is 0.166. The molecule has 0 bridgehead atoms. The largest absolute Gasteiger partial charge is 0.310 e. The Morgan fingerprint density at radius 1 is 0.321 bits per heavy atom. The van der Waals surface area contributed by atoms with Crippen molar-refractivity contribution in [3.63, 3.8) is 0 Å². The van der Waals surface area contributed by atoms with Gasteiger partial charge in [-0.2, -0.15) is 0 Å². The maximum absolute atomic E-state index is 2.45. The summed E-state index contributed by atoms with van der Waals surface area (Å²) < 4.78 is 4.88. The van der Waals surface area contributed by atoms with E-state index in [9.17, 15) is 0 Å². The molecular weight excluding hydrogens is 637 g/mol. The minimum atomic E-state index is 1.16. The molecule has 0 saturated heterocycles. The number of hydrogen-bond acceptors (Lipinski definition) is 0. The summed E-state index contributed by atoms with van der Waals surface area (Å²) in [5, 5.41) is 5.13. The lowest BCUT2D eigenvalue weighted by Crippen LogP contribution is -2.35. The minimum Gasteiger partial charge on any atom is -0.310 e. The molecule has 10 aromatic rings. The van der Waals surface area contributed by atoms with Gasteiger partial charge in [-0.25, -0.2) is 0 Å². The summed E-state index contributed by atoms with van der Waals surface area (Å²) >= 11 is 0. The fraction of sp³-hybridized carbons (Fsp3) is 0. The molecule has 0 N–H and O–H groups in total. The number of rotatable bonds is 5. The zero-order valence-corrected chi connectivity index (χ0v) is 30.1. The fourth-order valence-corrected chi connectivity index (χ4v) is 8.72. The summed E-state index contributed by atoms with van der Waals surface area (Å²) in [6.45, 7) is 0. The number of fused-ring (bicyclic) bond motifs is 6. The predicted octanol–water partition coefficient (Wildman–Crippen LogP) is 7.66. The molecule has 2 heterocycles. The zero-order valence-electron chi connectivity index (χ0n) is 30.1. The third-order valence-electron chi connectivity index (χ3n) is 11.3. The molecule has 0 radical (unpaired) electrons. The third-order valence-corrected chi connectivity index (χ3v) is 11.3. The monoisotopic (exact) mass is 672 g/mol. The Morgan fingerprint density at radius 2 is 0.792 bits per heavy atom. The lowest BCUT2D eigenvalue weighted by molar-refractivity contribution is 1.18. The van der Waals surface area contributed by atoms with Gasteiger partial charge >= 0.3 is 0 Å². The van der Waals surface area contributed by atoms with E-state index >= 15 is 0 Å². The average Bonchev–Trinajstić information content (AvgIpc) is 3.74. The zero-order chi connectivity index (χ0) is 35.6. The molecule has 2 nitrogen and oxygen atoms in total. The van der Waals surface area contributed by atoms with E-state index in [1.807, 2.05) is 0 Å². The molecule has 0 aliphatic heterocycles. The van der Waals surface area contributed by atoms with Gasteiger partial charge < -0.3 is 9.13 Å². The van der Waals surface area contributed by atoms with Crippen LogP contribution in [0.2, 0.25) is 0 Å². The molecule has 0 aliphatic rings. The Morgan fingerprint density at radius 3 is 1.45 bits per heavy atom. The van der Waals surface area contributed by atoms with Crippen molar-refractivity contribution in [3.8, 4) is 44.8 Å². The van der Waals surface area contributed by atoms with Gasteiger partial charge in [-0.1, -0.05) is 138 Å². The van der Waals surface area contributed by atoms with E-state index in [2.05, 4.69) is 209 Å². The predicted molar refractivity (Wildman–Crippen MR) is 236 cm³/mol. The average molecular weight is 672 g/mol. The first-order chi connectivity index (χ1) is 26.1. The topological polar surface area (TPSA) is 9.86 Å². The molecule has 0 unspecified atom stereocenters. The van der Waals surface area contributed by atoms with E-state index in [1.54, 1.807) is 0 Å². The van der Waals surface area contributed by atoms with Crippen LogP contribution in [0.3, 0.4) is 0 Å². The fourth-order valence-electron chi connectivity index (χ4n) is 8.72. The van der Waals surface area contributed by atoms with Gasteiger partial charge in [-0.05, 0) is 88.0 Å². The highest BCUT2D eigenvalue weighted by Gasteiger charge is 2.22. The van der Waals surface area contributed by atoms with Crippen LogP contribution in [0, 0.1) is 0 Å². The number of hydrogen-bond donors (Lipinski definition) is 0. The molecule has 0 spiro atoms. The van der Waals surface area contributed by atoms with Crippen molar-refractivity contribution in [1.82, 2.24) is 9.13 Å². The number of aromatic nitrogens is 2. The Balaban J connectivity index is 1.22. The van der Waals surface area contributed by atoms with Crippen LogP contribution >= 0.6 is 0 Å². The molecule has 0 atom stereocenters. The van der Waals surface area contributed by atoms with Crippen LogP contribution in [0.25, 0.3) is 88.4 Å². The molecule has 0 saturated carbocycles. The van der Waals surface area contributed by atoms with Crippen LogP contribution < -0.4 is 16.4 Å². The molecule has 0 amide bonds. The van der Waals surface area contributed by atoms with E-state index in [0.29, 0.717) is 0 Å². The smallest absolute Gasteiger partial charge is 0.141 e. The summed E-state index contributed by atoms with van der Waals surface area (Å²) in [6.07, 6.45) is 0. The van der Waals surface area contributed by atoms with Gasteiger partial charge in [0.1, 0.15) is 23.5 Å². The number of nitrogens with zero attached hydrogens (tertiary/aromatic N) is 2. The van der Waals surface area contributed by atoms with Crippen LogP contribution in [0.1, 0.15) is 0 Å². The molecule has 0 fully saturated rings. The summed E-state index contributed by atoms with van der Waals surface area (Å²) in [5.41, 5.74) is 18.7. The second-order valence-electron chi connectivity index (χ2n) is 14.2. The van der Waals surface area contributed by atoms with Gasteiger partial charge in [0.05, 0.1) is 16.6 Å². The van der Waals surface area contributed by atoms with E-state index in [1.165, 1.54) is 99.1 Å². The van der Waals surface area contributed by atoms with Crippen molar-refractivity contribution in [2.75, 3.05) is 0 Å². The molecule has 5 heteroatoms. The molecule has 53 heavy (non-hydrogen) atoms. The molecule has 10 rings (SSSR count). The van der Waals surface area contributed by atoms with Crippen molar-refractivity contribution < 1.29 is 0 Å². The Hall–Kier alpha value is -6.45. The summed E-state index contributed by atoms with van der Waals surface area (Å²) in [4.78, 5) is 0. The summed E-state index contributed by atoms with van der Waals surface area (Å²) in [7, 11) is 6.93. The first-order valence-electron chi connectivity index (χ1n) is 18.4. The maximum atomic E-state index is 2.45. The van der Waals surface area contributed by atoms with Gasteiger partial charge in [0.15, 0.2) is 0 Å². The van der Waals surface area contributed by atoms with E-state index in [4.69, 9.17) is 0 Å². The highest BCUT2D eigenvalue weighted by molar-refractivity contribution is 6.60. The van der Waals surface area contributed by atoms with Crippen LogP contribution in [-0.2, 0) is 0 Å². The normalized spacial score (nSPS) is 11.6. The molecule has 246 valence electrons. The minimum absolute atomic E-state index is 1.16. The van der Waals surface area contributed by atoms with Crippen LogP contribution in [-0.4, -0.2) is 32.7 Å². The Kier molecular flexibility index (Phi) is 7.30. The third kappa shape index (κ3) is 4.92. The van der Waals surface area contributed by atoms with Gasteiger partial charge in [0, 0.05) is 38.4 Å². The van der Waals surface area contributed by atoms with Gasteiger partial charge in [0.25, 0.3) is 0 Å². The maximum Gasteiger partial charge on any atom is 0.141 e. The van der Waals surface area contributed by atoms with Crippen LogP contribution in [0.4, 0.5) is 0 Å². The number of benzene rings is 8. The van der Waals surface area contributed by atoms with Gasteiger partial charge in [-0.3, -0.25) is 0 Å². The molecular formula is C48H35B3N2. The van der Waals surface area contributed by atoms with Crippen LogP contribution in [0.15, 0.2) is 176 Å². The Bertz CT molecular complexity index is 3000. The van der Waals surface area contributed by atoms with E-state index < -0.39 is 0 Å². The highest BCUT2D eigenvalue weighted by Crippen LogP contribution is 2.38. The van der Waals surface area contributed by atoms with Gasteiger partial charge in [-0.15, -0.1) is 0 Å². The second-order valence-corrected chi connectivity index (χ2v) is 14.2. The number of para-hydroxylation sites is 2. The standard InChI is InChI=1S/C48H35B3N2/c49-45-43(46(50)47(51)48-44(45)37-18-10-11-19-40(37)53(48)35-16-8-3-9-17-35)34-23-27-42-39(29-34)38-28-33(31-14-6-2-7-15-31)22-26-41(38)52(42)36-24-20-32(21-25-36)30-12-4-1-5-13-30/h1-29H,49-51H2. The Labute approximate surface area is 312 Å². The lowest BCUT2D eigenvalue weighted by atomic mass is 9.69.